The van der Waals surface area contributed by atoms with Crippen molar-refractivity contribution in [2.75, 3.05) is 0 Å². The van der Waals surface area contributed by atoms with E-state index in [9.17, 15) is 13.2 Å². The number of para-hydroxylation sites is 1. The summed E-state index contributed by atoms with van der Waals surface area (Å²) in [7, 11) is -3.77. The zero-order valence-electron chi connectivity index (χ0n) is 16.7. The van der Waals surface area contributed by atoms with Crippen molar-refractivity contribution in [1.82, 2.24) is 15.3 Å². The van der Waals surface area contributed by atoms with Crippen LogP contribution in [-0.2, 0) is 10.0 Å². The minimum atomic E-state index is -3.77. The van der Waals surface area contributed by atoms with Gasteiger partial charge in [0.25, 0.3) is 5.91 Å². The van der Waals surface area contributed by atoms with Crippen LogP contribution in [0.1, 0.15) is 28.9 Å². The highest BCUT2D eigenvalue weighted by molar-refractivity contribution is 7.89. The Bertz CT molecular complexity index is 1350. The van der Waals surface area contributed by atoms with Crippen LogP contribution in [0.3, 0.4) is 0 Å². The molecule has 0 aliphatic heterocycles. The van der Waals surface area contributed by atoms with Gasteiger partial charge in [0.1, 0.15) is 0 Å². The summed E-state index contributed by atoms with van der Waals surface area (Å²) < 4.78 is 22.9. The van der Waals surface area contributed by atoms with Crippen LogP contribution in [0, 0.1) is 0 Å². The third-order valence-electron chi connectivity index (χ3n) is 4.99. The van der Waals surface area contributed by atoms with Gasteiger partial charge in [-0.2, -0.15) is 0 Å². The lowest BCUT2D eigenvalue weighted by Gasteiger charge is -2.16. The van der Waals surface area contributed by atoms with Gasteiger partial charge in [-0.25, -0.2) is 18.5 Å². The van der Waals surface area contributed by atoms with E-state index in [0.717, 1.165) is 16.5 Å². The molecule has 3 N–H and O–H groups in total. The summed E-state index contributed by atoms with van der Waals surface area (Å²) in [6.45, 7) is 1.83. The Morgan fingerprint density at radius 3 is 2.35 bits per heavy atom. The Morgan fingerprint density at radius 1 is 1.00 bits per heavy atom. The van der Waals surface area contributed by atoms with Crippen molar-refractivity contribution in [3.63, 3.8) is 0 Å². The molecule has 0 radical (unpaired) electrons. The molecule has 156 valence electrons. The average Bonchev–Trinajstić information content (AvgIpc) is 2.78. The van der Waals surface area contributed by atoms with Crippen molar-refractivity contribution < 1.29 is 13.2 Å². The lowest BCUT2D eigenvalue weighted by atomic mass is 10.0. The molecule has 7 nitrogen and oxygen atoms in total. The van der Waals surface area contributed by atoms with Crippen LogP contribution in [0.25, 0.3) is 22.2 Å². The average molecular weight is 433 g/mol. The zero-order chi connectivity index (χ0) is 22.0. The summed E-state index contributed by atoms with van der Waals surface area (Å²) in [5, 5.41) is 8.87. The highest BCUT2D eigenvalue weighted by Gasteiger charge is 2.17. The van der Waals surface area contributed by atoms with Gasteiger partial charge < -0.3 is 5.32 Å². The number of fused-ring (bicyclic) bond motifs is 1. The summed E-state index contributed by atoms with van der Waals surface area (Å²) in [5.41, 5.74) is 3.52. The number of carbonyl (C=O) groups excluding carboxylic acids is 1. The minimum Gasteiger partial charge on any atom is -0.345 e. The largest absolute Gasteiger partial charge is 0.345 e. The summed E-state index contributed by atoms with van der Waals surface area (Å²) in [6, 6.07) is 18.7. The van der Waals surface area contributed by atoms with Gasteiger partial charge in [-0.3, -0.25) is 9.78 Å². The fourth-order valence-electron chi connectivity index (χ4n) is 3.34. The van der Waals surface area contributed by atoms with E-state index in [1.807, 2.05) is 43.3 Å². The Labute approximate surface area is 180 Å². The van der Waals surface area contributed by atoms with Crippen LogP contribution < -0.4 is 10.5 Å². The second kappa shape index (κ2) is 8.25. The normalized spacial score (nSPS) is 12.5. The number of pyridine rings is 2. The number of hydrogen-bond donors (Lipinski definition) is 2. The molecular weight excluding hydrogens is 412 g/mol. The maximum atomic E-state index is 13.2. The van der Waals surface area contributed by atoms with E-state index in [4.69, 9.17) is 5.14 Å². The van der Waals surface area contributed by atoms with E-state index in [1.54, 1.807) is 30.6 Å². The zero-order valence-corrected chi connectivity index (χ0v) is 17.5. The standard InChI is InChI=1S/C23H20N4O3S/c1-15(16-6-8-18(9-7-16)31(24,29)30)26-23(28)20-14-22(17-10-12-25-13-11-17)27-21-5-3-2-4-19(20)21/h2-15H,1H3,(H,26,28)(H2,24,29,30)/t15-/m1/s1. The lowest BCUT2D eigenvalue weighted by Crippen LogP contribution is -2.27. The molecule has 0 saturated heterocycles. The van der Waals surface area contributed by atoms with Gasteiger partial charge in [0.15, 0.2) is 0 Å². The molecule has 0 spiro atoms. The van der Waals surface area contributed by atoms with Crippen molar-refractivity contribution >= 4 is 26.8 Å². The van der Waals surface area contributed by atoms with E-state index < -0.39 is 10.0 Å². The van der Waals surface area contributed by atoms with E-state index in [-0.39, 0.29) is 16.8 Å². The maximum Gasteiger partial charge on any atom is 0.252 e. The molecule has 4 aromatic rings. The molecule has 2 aromatic heterocycles. The van der Waals surface area contributed by atoms with E-state index in [1.165, 1.54) is 12.1 Å². The fourth-order valence-corrected chi connectivity index (χ4v) is 3.85. The number of primary sulfonamides is 1. The molecule has 2 aromatic carbocycles. The number of nitrogens with zero attached hydrogens (tertiary/aromatic N) is 2. The van der Waals surface area contributed by atoms with Gasteiger partial charge in [0.2, 0.25) is 10.0 Å². The first-order valence-electron chi connectivity index (χ1n) is 9.57. The summed E-state index contributed by atoms with van der Waals surface area (Å²) in [4.78, 5) is 21.9. The molecule has 0 unspecified atom stereocenters. The van der Waals surface area contributed by atoms with Crippen molar-refractivity contribution in [3.05, 3.63) is 90.3 Å². The van der Waals surface area contributed by atoms with E-state index in [2.05, 4.69) is 15.3 Å². The number of rotatable bonds is 5. The van der Waals surface area contributed by atoms with Crippen LogP contribution in [0.5, 0.6) is 0 Å². The molecule has 1 amide bonds. The van der Waals surface area contributed by atoms with Gasteiger partial charge in [0, 0.05) is 23.3 Å². The molecule has 0 saturated carbocycles. The van der Waals surface area contributed by atoms with Gasteiger partial charge in [0.05, 0.1) is 27.7 Å². The summed E-state index contributed by atoms with van der Waals surface area (Å²) in [6.07, 6.45) is 3.36. The fraction of sp³-hybridized carbons (Fsp3) is 0.0870. The third-order valence-corrected chi connectivity index (χ3v) is 5.92. The SMILES string of the molecule is C[C@@H](NC(=O)c1cc(-c2ccncc2)nc2ccccc12)c1ccc(S(N)(=O)=O)cc1. The molecular formula is C23H20N4O3S. The van der Waals surface area contributed by atoms with Crippen LogP contribution in [0.2, 0.25) is 0 Å². The number of sulfonamides is 1. The molecule has 0 aliphatic carbocycles. The molecule has 8 heteroatoms. The van der Waals surface area contributed by atoms with Gasteiger partial charge in [-0.15, -0.1) is 0 Å². The van der Waals surface area contributed by atoms with Gasteiger partial charge >= 0.3 is 0 Å². The first kappa shape index (κ1) is 20.6. The van der Waals surface area contributed by atoms with Crippen molar-refractivity contribution in [2.24, 2.45) is 5.14 Å². The summed E-state index contributed by atoms with van der Waals surface area (Å²) >= 11 is 0. The predicted molar refractivity (Wildman–Crippen MR) is 119 cm³/mol. The van der Waals surface area contributed by atoms with Crippen molar-refractivity contribution in [2.45, 2.75) is 17.9 Å². The van der Waals surface area contributed by atoms with E-state index >= 15 is 0 Å². The Hall–Kier alpha value is -3.62. The topological polar surface area (TPSA) is 115 Å². The molecule has 2 heterocycles. The third kappa shape index (κ3) is 4.45. The molecule has 4 rings (SSSR count). The monoisotopic (exact) mass is 432 g/mol. The van der Waals surface area contributed by atoms with Crippen LogP contribution in [0.15, 0.2) is 84.0 Å². The molecule has 1 atom stereocenters. The highest BCUT2D eigenvalue weighted by Crippen LogP contribution is 2.25. The lowest BCUT2D eigenvalue weighted by molar-refractivity contribution is 0.0941. The molecule has 31 heavy (non-hydrogen) atoms. The Kier molecular flexibility index (Phi) is 5.50. The maximum absolute atomic E-state index is 13.2. The minimum absolute atomic E-state index is 0.0249. The number of benzene rings is 2. The summed E-state index contributed by atoms with van der Waals surface area (Å²) in [5.74, 6) is -0.253. The second-order valence-electron chi connectivity index (χ2n) is 7.12. The Balaban J connectivity index is 1.67. The number of aromatic nitrogens is 2. The van der Waals surface area contributed by atoms with Gasteiger partial charge in [-0.1, -0.05) is 30.3 Å². The molecule has 0 aliphatic rings. The number of nitrogens with two attached hydrogens (primary N) is 1. The van der Waals surface area contributed by atoms with Crippen molar-refractivity contribution in [3.8, 4) is 11.3 Å². The van der Waals surface area contributed by atoms with Gasteiger partial charge in [-0.05, 0) is 48.9 Å². The number of hydrogen-bond acceptors (Lipinski definition) is 5. The van der Waals surface area contributed by atoms with Crippen LogP contribution in [0.4, 0.5) is 0 Å². The predicted octanol–water partition coefficient (Wildman–Crippen LogP) is 3.44. The number of amides is 1. The van der Waals surface area contributed by atoms with Crippen LogP contribution in [-0.4, -0.2) is 24.3 Å². The van der Waals surface area contributed by atoms with Crippen molar-refractivity contribution in [1.29, 1.82) is 0 Å². The number of nitrogens with one attached hydrogen (secondary N) is 1. The molecule has 0 fully saturated rings. The Morgan fingerprint density at radius 2 is 1.68 bits per heavy atom. The van der Waals surface area contributed by atoms with E-state index in [0.29, 0.717) is 16.8 Å². The second-order valence-corrected chi connectivity index (χ2v) is 8.68. The number of carbonyl (C=O) groups is 1. The highest BCUT2D eigenvalue weighted by atomic mass is 32.2. The first-order chi connectivity index (χ1) is 14.8. The quantitative estimate of drug-likeness (QED) is 0.501. The first-order valence-corrected chi connectivity index (χ1v) is 11.1. The van der Waals surface area contributed by atoms with Crippen LogP contribution >= 0.6 is 0 Å². The smallest absolute Gasteiger partial charge is 0.252 e. The molecule has 0 bridgehead atoms.